The van der Waals surface area contributed by atoms with Crippen LogP contribution < -0.4 is 10.5 Å². The van der Waals surface area contributed by atoms with Gasteiger partial charge in [-0.3, -0.25) is 4.79 Å². The lowest BCUT2D eigenvalue weighted by Gasteiger charge is -2.42. The van der Waals surface area contributed by atoms with Crippen LogP contribution in [0.25, 0.3) is 0 Å². The van der Waals surface area contributed by atoms with Crippen molar-refractivity contribution in [2.75, 3.05) is 0 Å². The molecule has 3 heterocycles. The number of fused-ring (bicyclic) bond motifs is 1. The molecule has 2 fully saturated rings. The summed E-state index contributed by atoms with van der Waals surface area (Å²) in [5.74, 6) is 1.49. The highest BCUT2D eigenvalue weighted by molar-refractivity contribution is 8.01. The van der Waals surface area contributed by atoms with E-state index in [0.29, 0.717) is 12.4 Å². The van der Waals surface area contributed by atoms with Gasteiger partial charge in [0.25, 0.3) is 0 Å². The van der Waals surface area contributed by atoms with E-state index in [9.17, 15) is 4.79 Å². The Morgan fingerprint density at radius 1 is 1.30 bits per heavy atom. The summed E-state index contributed by atoms with van der Waals surface area (Å²) in [5.41, 5.74) is 7.03. The summed E-state index contributed by atoms with van der Waals surface area (Å²) < 4.78 is 7.24. The molecular formula is C18H24N6O2S. The normalized spacial score (nSPS) is 26.2. The third-order valence-corrected chi connectivity index (χ3v) is 6.51. The number of rotatable bonds is 5. The molecule has 1 aromatic heterocycles. The van der Waals surface area contributed by atoms with Crippen molar-refractivity contribution in [3.8, 4) is 5.75 Å². The summed E-state index contributed by atoms with van der Waals surface area (Å²) in [5, 5.41) is 12.3. The van der Waals surface area contributed by atoms with Crippen LogP contribution in [0.3, 0.4) is 0 Å². The van der Waals surface area contributed by atoms with Crippen LogP contribution in [0.2, 0.25) is 0 Å². The summed E-state index contributed by atoms with van der Waals surface area (Å²) in [6.45, 7) is 8.74. The van der Waals surface area contributed by atoms with Gasteiger partial charge in [0.2, 0.25) is 5.91 Å². The summed E-state index contributed by atoms with van der Waals surface area (Å²) in [6.07, 6.45) is 0.137. The van der Waals surface area contributed by atoms with E-state index >= 15 is 0 Å². The maximum atomic E-state index is 12.3. The second-order valence-corrected chi connectivity index (χ2v) is 9.56. The third-order valence-electron chi connectivity index (χ3n) is 4.91. The van der Waals surface area contributed by atoms with Gasteiger partial charge >= 0.3 is 0 Å². The number of hydrogen-bond acceptors (Lipinski definition) is 7. The van der Waals surface area contributed by atoms with Crippen molar-refractivity contribution < 1.29 is 9.53 Å². The van der Waals surface area contributed by atoms with Gasteiger partial charge in [0.15, 0.2) is 5.82 Å². The zero-order valence-corrected chi connectivity index (χ0v) is 16.7. The minimum atomic E-state index is -0.433. The molecule has 9 heteroatoms. The van der Waals surface area contributed by atoms with Gasteiger partial charge in [-0.2, -0.15) is 0 Å². The molecule has 3 atom stereocenters. The van der Waals surface area contributed by atoms with E-state index in [0.717, 1.165) is 11.3 Å². The molecule has 2 aromatic rings. The Kier molecular flexibility index (Phi) is 4.38. The molecule has 0 saturated carbocycles. The first-order valence-corrected chi connectivity index (χ1v) is 9.93. The van der Waals surface area contributed by atoms with Gasteiger partial charge in [0.1, 0.15) is 23.2 Å². The zero-order chi connectivity index (χ0) is 19.3. The first-order valence-electron chi connectivity index (χ1n) is 9.05. The average molecular weight is 388 g/mol. The smallest absolute Gasteiger partial charge is 0.244 e. The lowest BCUT2D eigenvalue weighted by molar-refractivity contribution is -0.147. The van der Waals surface area contributed by atoms with E-state index in [4.69, 9.17) is 10.5 Å². The standard InChI is InChI=1S/C18H24N6O2S/c1-10(2)26-12-7-5-11(6-8-12)9-23-15(20-21-22-23)14-18(3,4)27-17-13(19)16(25)24(14)17/h5-8,10,13-14,17H,9,19H2,1-4H3/t13?,14?,17-/m0/s1. The lowest BCUT2D eigenvalue weighted by atomic mass is 9.95. The minimum Gasteiger partial charge on any atom is -0.491 e. The topological polar surface area (TPSA) is 99.2 Å². The van der Waals surface area contributed by atoms with Crippen LogP contribution in [0.1, 0.15) is 45.1 Å². The van der Waals surface area contributed by atoms with Crippen molar-refractivity contribution in [3.63, 3.8) is 0 Å². The predicted octanol–water partition coefficient (Wildman–Crippen LogP) is 1.57. The molecule has 2 saturated heterocycles. The van der Waals surface area contributed by atoms with Gasteiger partial charge in [0.05, 0.1) is 12.6 Å². The van der Waals surface area contributed by atoms with E-state index in [-0.39, 0.29) is 28.2 Å². The molecule has 8 nitrogen and oxygen atoms in total. The van der Waals surface area contributed by atoms with E-state index < -0.39 is 6.04 Å². The Labute approximate surface area is 162 Å². The van der Waals surface area contributed by atoms with Crippen LogP contribution in [0.4, 0.5) is 0 Å². The van der Waals surface area contributed by atoms with Gasteiger partial charge in [-0.15, -0.1) is 16.9 Å². The fourth-order valence-electron chi connectivity index (χ4n) is 3.70. The van der Waals surface area contributed by atoms with E-state index in [2.05, 4.69) is 29.4 Å². The Morgan fingerprint density at radius 2 is 2.00 bits per heavy atom. The van der Waals surface area contributed by atoms with Crippen LogP contribution in [0.15, 0.2) is 24.3 Å². The Hall–Kier alpha value is -2.13. The highest BCUT2D eigenvalue weighted by atomic mass is 32.2. The van der Waals surface area contributed by atoms with Crippen molar-refractivity contribution >= 4 is 17.7 Å². The second kappa shape index (κ2) is 6.49. The average Bonchev–Trinajstić information content (AvgIpc) is 3.15. The van der Waals surface area contributed by atoms with E-state index in [1.165, 1.54) is 0 Å². The molecule has 144 valence electrons. The molecule has 27 heavy (non-hydrogen) atoms. The number of hydrogen-bond donors (Lipinski definition) is 1. The molecule has 0 radical (unpaired) electrons. The van der Waals surface area contributed by atoms with Crippen LogP contribution >= 0.6 is 11.8 Å². The van der Waals surface area contributed by atoms with Crippen molar-refractivity contribution in [1.29, 1.82) is 0 Å². The number of amides is 1. The van der Waals surface area contributed by atoms with Gasteiger partial charge < -0.3 is 15.4 Å². The van der Waals surface area contributed by atoms with Gasteiger partial charge in [0, 0.05) is 4.75 Å². The Morgan fingerprint density at radius 3 is 2.67 bits per heavy atom. The molecule has 1 amide bonds. The lowest BCUT2D eigenvalue weighted by Crippen LogP contribution is -2.65. The molecule has 2 aliphatic heterocycles. The molecule has 0 aliphatic carbocycles. The number of tetrazole rings is 1. The fraction of sp³-hybridized carbons (Fsp3) is 0.556. The van der Waals surface area contributed by atoms with Crippen molar-refractivity contribution in [3.05, 3.63) is 35.7 Å². The Balaban J connectivity index is 1.57. The highest BCUT2D eigenvalue weighted by Crippen LogP contribution is 2.56. The fourth-order valence-corrected chi connectivity index (χ4v) is 5.27. The first kappa shape index (κ1) is 18.2. The molecule has 2 N–H and O–H groups in total. The molecule has 0 spiro atoms. The molecule has 0 bridgehead atoms. The number of carbonyl (C=O) groups excluding carboxylic acids is 1. The second-order valence-electron chi connectivity index (χ2n) is 7.79. The SMILES string of the molecule is CC(C)Oc1ccc(Cn2nnnc2C2N3C(=O)C(N)[C@@H]3SC2(C)C)cc1. The van der Waals surface area contributed by atoms with Crippen molar-refractivity contribution in [1.82, 2.24) is 25.1 Å². The van der Waals surface area contributed by atoms with Gasteiger partial charge in [-0.1, -0.05) is 12.1 Å². The number of nitrogens with zero attached hydrogens (tertiary/aromatic N) is 5. The van der Waals surface area contributed by atoms with Crippen molar-refractivity contribution in [2.24, 2.45) is 5.73 Å². The minimum absolute atomic E-state index is 0.00452. The first-order chi connectivity index (χ1) is 12.8. The molecule has 2 unspecified atom stereocenters. The quantitative estimate of drug-likeness (QED) is 0.776. The summed E-state index contributed by atoms with van der Waals surface area (Å²) in [4.78, 5) is 14.2. The summed E-state index contributed by atoms with van der Waals surface area (Å²) >= 11 is 1.71. The highest BCUT2D eigenvalue weighted by Gasteiger charge is 2.61. The Bertz CT molecular complexity index is 850. The number of aromatic nitrogens is 4. The predicted molar refractivity (Wildman–Crippen MR) is 102 cm³/mol. The summed E-state index contributed by atoms with van der Waals surface area (Å²) in [6, 6.07) is 7.28. The third kappa shape index (κ3) is 3.08. The van der Waals surface area contributed by atoms with E-state index in [1.54, 1.807) is 16.4 Å². The molecule has 2 aliphatic rings. The zero-order valence-electron chi connectivity index (χ0n) is 15.9. The van der Waals surface area contributed by atoms with Gasteiger partial charge in [-0.25, -0.2) is 4.68 Å². The van der Waals surface area contributed by atoms with Crippen LogP contribution in [-0.4, -0.2) is 53.3 Å². The summed E-state index contributed by atoms with van der Waals surface area (Å²) in [7, 11) is 0. The monoisotopic (exact) mass is 388 g/mol. The molecule has 1 aromatic carbocycles. The maximum Gasteiger partial charge on any atom is 0.244 e. The number of nitrogens with two attached hydrogens (primary N) is 1. The molecular weight excluding hydrogens is 364 g/mol. The maximum absolute atomic E-state index is 12.3. The number of thioether (sulfide) groups is 1. The van der Waals surface area contributed by atoms with Crippen LogP contribution in [0.5, 0.6) is 5.75 Å². The number of β-lactam (4-membered cyclic amide) rings is 1. The number of ether oxygens (including phenoxy) is 1. The number of carbonyl (C=O) groups is 1. The molecule has 4 rings (SSSR count). The van der Waals surface area contributed by atoms with Crippen molar-refractivity contribution in [2.45, 2.75) is 62.5 Å². The van der Waals surface area contributed by atoms with E-state index in [1.807, 2.05) is 43.0 Å². The van der Waals surface area contributed by atoms with Crippen LogP contribution in [-0.2, 0) is 11.3 Å². The number of benzene rings is 1. The van der Waals surface area contributed by atoms with Gasteiger partial charge in [-0.05, 0) is 55.8 Å². The largest absolute Gasteiger partial charge is 0.491 e. The van der Waals surface area contributed by atoms with Crippen LogP contribution in [0, 0.1) is 0 Å².